The minimum Gasteiger partial charge on any atom is -0.497 e. The molecule has 0 saturated heterocycles. The van der Waals surface area contributed by atoms with Gasteiger partial charge in [0.05, 0.1) is 26.8 Å². The van der Waals surface area contributed by atoms with Crippen LogP contribution < -0.4 is 20.9 Å². The molecule has 0 unspecified atom stereocenters. The normalized spacial score (nSPS) is 18.6. The number of carbonyl (C=O) groups is 1. The van der Waals surface area contributed by atoms with Crippen molar-refractivity contribution in [3.05, 3.63) is 59.9 Å². The molecule has 27 heavy (non-hydrogen) atoms. The SMILES string of the molecule is CONC1=NC[C@H](c2ccc(OC)cc2)[C@H]1NC(=O)Nc1ccc(F)cc1. The van der Waals surface area contributed by atoms with Crippen molar-refractivity contribution in [3.8, 4) is 5.75 Å². The Balaban J connectivity index is 1.73. The van der Waals surface area contributed by atoms with Crippen LogP contribution in [0.4, 0.5) is 14.9 Å². The molecule has 0 spiro atoms. The van der Waals surface area contributed by atoms with Crippen LogP contribution in [-0.4, -0.2) is 38.7 Å². The number of carbonyl (C=O) groups excluding carboxylic acids is 1. The number of rotatable bonds is 5. The molecule has 1 aliphatic rings. The smallest absolute Gasteiger partial charge is 0.319 e. The highest BCUT2D eigenvalue weighted by atomic mass is 19.1. The van der Waals surface area contributed by atoms with Crippen molar-refractivity contribution in [1.29, 1.82) is 0 Å². The van der Waals surface area contributed by atoms with Gasteiger partial charge in [-0.2, -0.15) is 0 Å². The third kappa shape index (κ3) is 4.53. The summed E-state index contributed by atoms with van der Waals surface area (Å²) in [4.78, 5) is 21.8. The first-order chi connectivity index (χ1) is 13.1. The Kier molecular flexibility index (Phi) is 5.87. The lowest BCUT2D eigenvalue weighted by atomic mass is 9.93. The molecular formula is C19H21FN4O3. The molecule has 3 rings (SSSR count). The zero-order valence-electron chi connectivity index (χ0n) is 15.0. The number of nitrogens with zero attached hydrogens (tertiary/aromatic N) is 1. The molecule has 1 aliphatic heterocycles. The number of hydrogen-bond acceptors (Lipinski definition) is 5. The average Bonchev–Trinajstić information content (AvgIpc) is 3.06. The fraction of sp³-hybridized carbons (Fsp3) is 0.263. The predicted molar refractivity (Wildman–Crippen MR) is 101 cm³/mol. The van der Waals surface area contributed by atoms with Crippen molar-refractivity contribution < 1.29 is 18.8 Å². The molecule has 0 aliphatic carbocycles. The monoisotopic (exact) mass is 372 g/mol. The van der Waals surface area contributed by atoms with E-state index in [9.17, 15) is 9.18 Å². The summed E-state index contributed by atoms with van der Waals surface area (Å²) in [6, 6.07) is 12.4. The Bertz CT molecular complexity index is 809. The average molecular weight is 372 g/mol. The second-order valence-electron chi connectivity index (χ2n) is 5.99. The summed E-state index contributed by atoms with van der Waals surface area (Å²) in [5.41, 5.74) is 4.23. The summed E-state index contributed by atoms with van der Waals surface area (Å²) >= 11 is 0. The quantitative estimate of drug-likeness (QED) is 0.705. The molecule has 0 bridgehead atoms. The number of hydrogen-bond donors (Lipinski definition) is 3. The third-order valence-electron chi connectivity index (χ3n) is 4.29. The number of urea groups is 1. The number of benzene rings is 2. The lowest BCUT2D eigenvalue weighted by Crippen LogP contribution is -2.48. The number of aliphatic imine (C=N–C) groups is 1. The van der Waals surface area contributed by atoms with E-state index in [4.69, 9.17) is 9.57 Å². The number of halogens is 1. The van der Waals surface area contributed by atoms with Crippen molar-refractivity contribution >= 4 is 17.6 Å². The fourth-order valence-electron chi connectivity index (χ4n) is 2.95. The molecule has 142 valence electrons. The molecule has 7 nitrogen and oxygen atoms in total. The van der Waals surface area contributed by atoms with E-state index in [-0.39, 0.29) is 11.7 Å². The topological polar surface area (TPSA) is 84.0 Å². The first-order valence-electron chi connectivity index (χ1n) is 8.41. The molecule has 3 N–H and O–H groups in total. The fourth-order valence-corrected chi connectivity index (χ4v) is 2.95. The molecular weight excluding hydrogens is 351 g/mol. The van der Waals surface area contributed by atoms with Gasteiger partial charge in [-0.15, -0.1) is 0 Å². The lowest BCUT2D eigenvalue weighted by Gasteiger charge is -2.23. The van der Waals surface area contributed by atoms with E-state index >= 15 is 0 Å². The van der Waals surface area contributed by atoms with Gasteiger partial charge in [-0.05, 0) is 42.0 Å². The molecule has 0 aromatic heterocycles. The van der Waals surface area contributed by atoms with E-state index in [0.717, 1.165) is 11.3 Å². The molecule has 2 aromatic carbocycles. The first kappa shape index (κ1) is 18.7. The van der Waals surface area contributed by atoms with E-state index in [2.05, 4.69) is 21.1 Å². The van der Waals surface area contributed by atoms with Crippen LogP contribution in [0.15, 0.2) is 53.5 Å². The van der Waals surface area contributed by atoms with Gasteiger partial charge in [0.2, 0.25) is 0 Å². The second kappa shape index (κ2) is 8.50. The van der Waals surface area contributed by atoms with Crippen LogP contribution in [0.1, 0.15) is 11.5 Å². The number of hydroxylamine groups is 1. The van der Waals surface area contributed by atoms with Gasteiger partial charge in [0, 0.05) is 11.6 Å². The maximum Gasteiger partial charge on any atom is 0.319 e. The van der Waals surface area contributed by atoms with Crippen LogP contribution >= 0.6 is 0 Å². The van der Waals surface area contributed by atoms with Crippen LogP contribution in [-0.2, 0) is 4.84 Å². The number of nitrogens with one attached hydrogen (secondary N) is 3. The number of amides is 2. The summed E-state index contributed by atoms with van der Waals surface area (Å²) in [6.07, 6.45) is 0. The van der Waals surface area contributed by atoms with Gasteiger partial charge >= 0.3 is 6.03 Å². The Morgan fingerprint density at radius 3 is 2.44 bits per heavy atom. The number of amidine groups is 1. The van der Waals surface area contributed by atoms with Crippen molar-refractivity contribution in [3.63, 3.8) is 0 Å². The van der Waals surface area contributed by atoms with Gasteiger partial charge < -0.3 is 15.4 Å². The van der Waals surface area contributed by atoms with Crippen LogP contribution in [0.25, 0.3) is 0 Å². The van der Waals surface area contributed by atoms with Gasteiger partial charge in [-0.3, -0.25) is 15.3 Å². The summed E-state index contributed by atoms with van der Waals surface area (Å²) in [5.74, 6) is 0.863. The van der Waals surface area contributed by atoms with E-state index < -0.39 is 12.1 Å². The number of ether oxygens (including phenoxy) is 1. The molecule has 1 heterocycles. The van der Waals surface area contributed by atoms with E-state index in [1.165, 1.54) is 31.4 Å². The second-order valence-corrected chi connectivity index (χ2v) is 5.99. The van der Waals surface area contributed by atoms with Gasteiger partial charge in [0.25, 0.3) is 0 Å². The van der Waals surface area contributed by atoms with E-state index in [1.807, 2.05) is 24.3 Å². The third-order valence-corrected chi connectivity index (χ3v) is 4.29. The molecule has 2 aromatic rings. The maximum atomic E-state index is 13.0. The van der Waals surface area contributed by atoms with Crippen LogP contribution in [0.2, 0.25) is 0 Å². The summed E-state index contributed by atoms with van der Waals surface area (Å²) in [6.45, 7) is 0.500. The van der Waals surface area contributed by atoms with E-state index in [0.29, 0.717) is 18.1 Å². The maximum absolute atomic E-state index is 13.0. The van der Waals surface area contributed by atoms with Crippen molar-refractivity contribution in [1.82, 2.24) is 10.8 Å². The highest BCUT2D eigenvalue weighted by Crippen LogP contribution is 2.27. The van der Waals surface area contributed by atoms with Crippen LogP contribution in [0.5, 0.6) is 5.75 Å². The van der Waals surface area contributed by atoms with Gasteiger partial charge in [0.1, 0.15) is 17.4 Å². The largest absolute Gasteiger partial charge is 0.497 e. The summed E-state index contributed by atoms with van der Waals surface area (Å²) in [5, 5.41) is 5.59. The van der Waals surface area contributed by atoms with Crippen LogP contribution in [0, 0.1) is 5.82 Å². The van der Waals surface area contributed by atoms with Gasteiger partial charge in [-0.1, -0.05) is 12.1 Å². The van der Waals surface area contributed by atoms with E-state index in [1.54, 1.807) is 7.11 Å². The summed E-state index contributed by atoms with van der Waals surface area (Å²) in [7, 11) is 3.09. The predicted octanol–water partition coefficient (Wildman–Crippen LogP) is 2.67. The highest BCUT2D eigenvalue weighted by Gasteiger charge is 2.34. The molecule has 8 heteroatoms. The zero-order valence-corrected chi connectivity index (χ0v) is 15.0. The van der Waals surface area contributed by atoms with Gasteiger partial charge in [0.15, 0.2) is 0 Å². The van der Waals surface area contributed by atoms with Crippen molar-refractivity contribution in [2.45, 2.75) is 12.0 Å². The van der Waals surface area contributed by atoms with Crippen LogP contribution in [0.3, 0.4) is 0 Å². The number of anilines is 1. The molecule has 0 saturated carbocycles. The Morgan fingerprint density at radius 1 is 1.11 bits per heavy atom. The lowest BCUT2D eigenvalue weighted by molar-refractivity contribution is 0.141. The summed E-state index contributed by atoms with van der Waals surface area (Å²) < 4.78 is 18.2. The first-order valence-corrected chi connectivity index (χ1v) is 8.41. The standard InChI is InChI=1S/C19H21FN4O3/c1-26-15-9-3-12(4-10-15)16-11-21-18(24-27-2)17(16)23-19(25)22-14-7-5-13(20)6-8-14/h3-10,16-17H,11H2,1-2H3,(H,21,24)(H2,22,23,25)/t16-,17-/m1/s1. The number of methoxy groups -OCH3 is 1. The molecule has 2 amide bonds. The van der Waals surface area contributed by atoms with Crippen molar-refractivity contribution in [2.24, 2.45) is 4.99 Å². The molecule has 2 atom stereocenters. The minimum absolute atomic E-state index is 0.0625. The highest BCUT2D eigenvalue weighted by molar-refractivity contribution is 5.96. The van der Waals surface area contributed by atoms with Gasteiger partial charge in [-0.25, -0.2) is 9.18 Å². The Morgan fingerprint density at radius 2 is 1.81 bits per heavy atom. The molecule has 0 radical (unpaired) electrons. The minimum atomic E-state index is -0.419. The Hall–Kier alpha value is -3.13. The molecule has 0 fully saturated rings. The van der Waals surface area contributed by atoms with Crippen molar-refractivity contribution in [2.75, 3.05) is 26.1 Å². The Labute approximate surface area is 156 Å². The zero-order chi connectivity index (χ0) is 19.2.